The van der Waals surface area contributed by atoms with Gasteiger partial charge in [0.25, 0.3) is 0 Å². The van der Waals surface area contributed by atoms with Gasteiger partial charge in [-0.25, -0.2) is 0 Å². The van der Waals surface area contributed by atoms with Crippen LogP contribution in [0.2, 0.25) is 5.02 Å². The smallest absolute Gasteiger partial charge is 0.136 e. The van der Waals surface area contributed by atoms with E-state index in [9.17, 15) is 0 Å². The van der Waals surface area contributed by atoms with E-state index < -0.39 is 0 Å². The predicted octanol–water partition coefficient (Wildman–Crippen LogP) is 4.20. The summed E-state index contributed by atoms with van der Waals surface area (Å²) in [5, 5.41) is 0.744. The van der Waals surface area contributed by atoms with Crippen LogP contribution in [0.25, 0.3) is 0 Å². The summed E-state index contributed by atoms with van der Waals surface area (Å²) in [6.07, 6.45) is 2.62. The number of hydrogen-bond donors (Lipinski definition) is 0. The molecule has 2 rings (SSSR count). The summed E-state index contributed by atoms with van der Waals surface area (Å²) < 4.78 is 6.69. The van der Waals surface area contributed by atoms with E-state index in [1.54, 1.807) is 0 Å². The molecule has 1 aromatic rings. The van der Waals surface area contributed by atoms with E-state index in [-0.39, 0.29) is 0 Å². The van der Waals surface area contributed by atoms with Crippen molar-refractivity contribution >= 4 is 27.5 Å². The second-order valence-corrected chi connectivity index (χ2v) is 5.08. The number of benzene rings is 1. The third kappa shape index (κ3) is 2.43. The highest BCUT2D eigenvalue weighted by Crippen LogP contribution is 2.35. The molecule has 1 nitrogen and oxygen atoms in total. The Balaban J connectivity index is 2.13. The summed E-state index contributed by atoms with van der Waals surface area (Å²) >= 11 is 9.37. The molecule has 0 amide bonds. The Kier molecular flexibility index (Phi) is 3.03. The van der Waals surface area contributed by atoms with Crippen LogP contribution in [0.5, 0.6) is 5.75 Å². The van der Waals surface area contributed by atoms with Crippen molar-refractivity contribution in [2.75, 3.05) is 6.61 Å². The predicted molar refractivity (Wildman–Crippen MR) is 62.1 cm³/mol. The summed E-state index contributed by atoms with van der Waals surface area (Å²) in [5.41, 5.74) is 1.09. The third-order valence-corrected chi connectivity index (χ3v) is 3.16. The third-order valence-electron chi connectivity index (χ3n) is 2.35. The van der Waals surface area contributed by atoms with E-state index >= 15 is 0 Å². The lowest BCUT2D eigenvalue weighted by Crippen LogP contribution is -2.01. The molecule has 0 atom stereocenters. The average molecular weight is 276 g/mol. The Bertz CT molecular complexity index is 324. The first kappa shape index (κ1) is 10.3. The van der Waals surface area contributed by atoms with Crippen molar-refractivity contribution in [1.29, 1.82) is 0 Å². The zero-order chi connectivity index (χ0) is 10.1. The topological polar surface area (TPSA) is 9.23 Å². The van der Waals surface area contributed by atoms with Crippen molar-refractivity contribution in [2.45, 2.75) is 19.8 Å². The minimum atomic E-state index is 0.744. The van der Waals surface area contributed by atoms with Gasteiger partial charge in [-0.05, 0) is 59.3 Å². The van der Waals surface area contributed by atoms with E-state index in [0.29, 0.717) is 0 Å². The quantitative estimate of drug-likeness (QED) is 0.803. The molecular weight excluding hydrogens is 263 g/mol. The van der Waals surface area contributed by atoms with Gasteiger partial charge < -0.3 is 4.74 Å². The van der Waals surface area contributed by atoms with Crippen LogP contribution in [0, 0.1) is 12.8 Å². The zero-order valence-corrected chi connectivity index (χ0v) is 10.4. The Morgan fingerprint density at radius 2 is 2.21 bits per heavy atom. The summed E-state index contributed by atoms with van der Waals surface area (Å²) in [5.74, 6) is 1.71. The lowest BCUT2D eigenvalue weighted by Gasteiger charge is -2.10. The molecule has 0 N–H and O–H groups in total. The van der Waals surface area contributed by atoms with Crippen molar-refractivity contribution in [1.82, 2.24) is 0 Å². The first-order chi connectivity index (χ1) is 6.66. The molecule has 3 heteroatoms. The molecular formula is C11H12BrClO. The maximum Gasteiger partial charge on any atom is 0.136 e. The second-order valence-electron chi connectivity index (χ2n) is 3.79. The van der Waals surface area contributed by atoms with Gasteiger partial charge in [0, 0.05) is 5.02 Å². The Hall–Kier alpha value is -0.210. The number of halogens is 2. The minimum Gasteiger partial charge on any atom is -0.492 e. The highest BCUT2D eigenvalue weighted by Gasteiger charge is 2.22. The molecule has 0 radical (unpaired) electrons. The highest BCUT2D eigenvalue weighted by atomic mass is 79.9. The van der Waals surface area contributed by atoms with Gasteiger partial charge in [0.05, 0.1) is 11.1 Å². The Morgan fingerprint density at radius 3 is 2.79 bits per heavy atom. The molecule has 1 aromatic carbocycles. The van der Waals surface area contributed by atoms with Crippen LogP contribution in [0.1, 0.15) is 18.4 Å². The fourth-order valence-electron chi connectivity index (χ4n) is 1.36. The molecule has 1 saturated carbocycles. The molecule has 0 aliphatic heterocycles. The van der Waals surface area contributed by atoms with E-state index in [4.69, 9.17) is 16.3 Å². The lowest BCUT2D eigenvalue weighted by molar-refractivity contribution is 0.296. The monoisotopic (exact) mass is 274 g/mol. The van der Waals surface area contributed by atoms with Gasteiger partial charge in [0.2, 0.25) is 0 Å². The van der Waals surface area contributed by atoms with E-state index in [1.807, 2.05) is 19.1 Å². The largest absolute Gasteiger partial charge is 0.492 e. The van der Waals surface area contributed by atoms with Crippen LogP contribution < -0.4 is 4.74 Å². The highest BCUT2D eigenvalue weighted by molar-refractivity contribution is 9.10. The molecule has 0 saturated heterocycles. The van der Waals surface area contributed by atoms with Gasteiger partial charge in [0.15, 0.2) is 0 Å². The van der Waals surface area contributed by atoms with Gasteiger partial charge in [-0.2, -0.15) is 0 Å². The number of aryl methyl sites for hydroxylation is 1. The first-order valence-electron chi connectivity index (χ1n) is 4.75. The minimum absolute atomic E-state index is 0.744. The molecule has 1 aliphatic rings. The zero-order valence-electron chi connectivity index (χ0n) is 8.02. The second kappa shape index (κ2) is 4.11. The summed E-state index contributed by atoms with van der Waals surface area (Å²) in [4.78, 5) is 0. The molecule has 0 aromatic heterocycles. The summed E-state index contributed by atoms with van der Waals surface area (Å²) in [6, 6.07) is 3.80. The molecule has 76 valence electrons. The standard InChI is InChI=1S/C11H12BrClO/c1-7-4-9(13)5-10(12)11(7)14-6-8-2-3-8/h4-5,8H,2-3,6H2,1H3. The Labute approximate surface area is 97.5 Å². The van der Waals surface area contributed by atoms with Crippen molar-refractivity contribution < 1.29 is 4.74 Å². The molecule has 1 fully saturated rings. The van der Waals surface area contributed by atoms with Gasteiger partial charge in [0.1, 0.15) is 5.75 Å². The summed E-state index contributed by atoms with van der Waals surface area (Å²) in [7, 11) is 0. The van der Waals surface area contributed by atoms with Crippen LogP contribution in [-0.2, 0) is 0 Å². The molecule has 1 aliphatic carbocycles. The SMILES string of the molecule is Cc1cc(Cl)cc(Br)c1OCC1CC1. The van der Waals surface area contributed by atoms with Crippen LogP contribution in [0.4, 0.5) is 0 Å². The van der Waals surface area contributed by atoms with Crippen molar-refractivity contribution in [3.63, 3.8) is 0 Å². The molecule has 0 bridgehead atoms. The van der Waals surface area contributed by atoms with Crippen molar-refractivity contribution in [2.24, 2.45) is 5.92 Å². The summed E-state index contributed by atoms with van der Waals surface area (Å²) in [6.45, 7) is 2.85. The van der Waals surface area contributed by atoms with E-state index in [0.717, 1.165) is 33.3 Å². The van der Waals surface area contributed by atoms with E-state index in [2.05, 4.69) is 15.9 Å². The normalized spacial score (nSPS) is 15.6. The van der Waals surface area contributed by atoms with Crippen LogP contribution in [0.3, 0.4) is 0 Å². The van der Waals surface area contributed by atoms with E-state index in [1.165, 1.54) is 12.8 Å². The Morgan fingerprint density at radius 1 is 1.50 bits per heavy atom. The molecule has 0 heterocycles. The van der Waals surface area contributed by atoms with Gasteiger partial charge in [-0.3, -0.25) is 0 Å². The number of rotatable bonds is 3. The molecule has 14 heavy (non-hydrogen) atoms. The maximum absolute atomic E-state index is 5.91. The number of ether oxygens (including phenoxy) is 1. The lowest BCUT2D eigenvalue weighted by atomic mass is 10.2. The van der Waals surface area contributed by atoms with Gasteiger partial charge >= 0.3 is 0 Å². The van der Waals surface area contributed by atoms with Gasteiger partial charge in [-0.1, -0.05) is 11.6 Å². The van der Waals surface area contributed by atoms with Crippen molar-refractivity contribution in [3.8, 4) is 5.75 Å². The van der Waals surface area contributed by atoms with Crippen LogP contribution in [-0.4, -0.2) is 6.61 Å². The molecule has 0 spiro atoms. The fourth-order valence-corrected chi connectivity index (χ4v) is 2.44. The molecule has 0 unspecified atom stereocenters. The number of hydrogen-bond acceptors (Lipinski definition) is 1. The average Bonchev–Trinajstić information content (AvgIpc) is 2.85. The van der Waals surface area contributed by atoms with Crippen LogP contribution in [0.15, 0.2) is 16.6 Å². The maximum atomic E-state index is 5.91. The van der Waals surface area contributed by atoms with Gasteiger partial charge in [-0.15, -0.1) is 0 Å². The van der Waals surface area contributed by atoms with Crippen LogP contribution >= 0.6 is 27.5 Å². The first-order valence-corrected chi connectivity index (χ1v) is 5.92. The fraction of sp³-hybridized carbons (Fsp3) is 0.455. The van der Waals surface area contributed by atoms with Crippen molar-refractivity contribution in [3.05, 3.63) is 27.2 Å².